The molecule has 0 unspecified atom stereocenters. The predicted octanol–water partition coefficient (Wildman–Crippen LogP) is 5.26. The van der Waals surface area contributed by atoms with Gasteiger partial charge in [0.05, 0.1) is 22.9 Å². The molecule has 168 valence electrons. The van der Waals surface area contributed by atoms with E-state index in [0.29, 0.717) is 33.2 Å². The van der Waals surface area contributed by atoms with Crippen molar-refractivity contribution < 1.29 is 23.9 Å². The molecule has 32 heavy (non-hydrogen) atoms. The smallest absolute Gasteiger partial charge is 0.335 e. The summed E-state index contributed by atoms with van der Waals surface area (Å²) in [6.07, 6.45) is 1.32. The van der Waals surface area contributed by atoms with Crippen LogP contribution in [0.3, 0.4) is 0 Å². The molecule has 0 bridgehead atoms. The van der Waals surface area contributed by atoms with Crippen LogP contribution in [-0.4, -0.2) is 30.6 Å². The Balaban J connectivity index is 2.04. The monoisotopic (exact) mass is 520 g/mol. The first kappa shape index (κ1) is 23.8. The SMILES string of the molecule is CCOc1cc(/C=C2\C(=O)NC(=O)N(c3ccc(C)c(Cl)c3)C2=O)cc(Br)c1OC(C)C. The van der Waals surface area contributed by atoms with E-state index < -0.39 is 17.8 Å². The second kappa shape index (κ2) is 9.75. The van der Waals surface area contributed by atoms with Gasteiger partial charge in [0, 0.05) is 5.02 Å². The van der Waals surface area contributed by atoms with Crippen molar-refractivity contribution in [3.05, 3.63) is 56.5 Å². The van der Waals surface area contributed by atoms with Crippen molar-refractivity contribution in [3.63, 3.8) is 0 Å². The van der Waals surface area contributed by atoms with E-state index in [0.717, 1.165) is 10.5 Å². The maximum atomic E-state index is 13.1. The van der Waals surface area contributed by atoms with Crippen molar-refractivity contribution in [2.75, 3.05) is 11.5 Å². The number of carbonyl (C=O) groups is 3. The lowest BCUT2D eigenvalue weighted by atomic mass is 10.1. The van der Waals surface area contributed by atoms with Crippen LogP contribution >= 0.6 is 27.5 Å². The van der Waals surface area contributed by atoms with Gasteiger partial charge in [-0.05, 0) is 85.1 Å². The highest BCUT2D eigenvalue weighted by molar-refractivity contribution is 9.10. The van der Waals surface area contributed by atoms with Crippen LogP contribution in [0.1, 0.15) is 31.9 Å². The maximum Gasteiger partial charge on any atom is 0.335 e. The number of carbonyl (C=O) groups excluding carboxylic acids is 3. The number of anilines is 1. The van der Waals surface area contributed by atoms with E-state index in [2.05, 4.69) is 21.2 Å². The van der Waals surface area contributed by atoms with Crippen molar-refractivity contribution in [2.45, 2.75) is 33.8 Å². The van der Waals surface area contributed by atoms with Gasteiger partial charge in [-0.15, -0.1) is 0 Å². The molecule has 2 aromatic rings. The Labute approximate surface area is 199 Å². The van der Waals surface area contributed by atoms with Crippen LogP contribution in [0.2, 0.25) is 5.02 Å². The van der Waals surface area contributed by atoms with E-state index >= 15 is 0 Å². The summed E-state index contributed by atoms with van der Waals surface area (Å²) in [6.45, 7) is 7.83. The molecule has 4 amide bonds. The summed E-state index contributed by atoms with van der Waals surface area (Å²) in [4.78, 5) is 38.9. The number of barbiturate groups is 1. The molecule has 1 aliphatic heterocycles. The average Bonchev–Trinajstić information content (AvgIpc) is 2.70. The fourth-order valence-electron chi connectivity index (χ4n) is 3.06. The molecule has 1 heterocycles. The van der Waals surface area contributed by atoms with E-state index in [1.807, 2.05) is 20.8 Å². The van der Waals surface area contributed by atoms with Gasteiger partial charge in [-0.1, -0.05) is 17.7 Å². The number of ether oxygens (including phenoxy) is 2. The summed E-state index contributed by atoms with van der Waals surface area (Å²) in [5.74, 6) is -0.555. The van der Waals surface area contributed by atoms with Crippen LogP contribution in [0.4, 0.5) is 10.5 Å². The molecule has 0 atom stereocenters. The third-order valence-corrected chi connectivity index (χ3v) is 5.51. The maximum absolute atomic E-state index is 13.1. The lowest BCUT2D eigenvalue weighted by Crippen LogP contribution is -2.54. The Morgan fingerprint density at radius 3 is 2.53 bits per heavy atom. The first-order chi connectivity index (χ1) is 15.1. The van der Waals surface area contributed by atoms with E-state index in [1.165, 1.54) is 12.1 Å². The molecule has 2 aromatic carbocycles. The van der Waals surface area contributed by atoms with Crippen LogP contribution in [0, 0.1) is 6.92 Å². The summed E-state index contributed by atoms with van der Waals surface area (Å²) in [6, 6.07) is 7.32. The number of amides is 4. The molecule has 0 radical (unpaired) electrons. The van der Waals surface area contributed by atoms with Gasteiger partial charge in [0.1, 0.15) is 5.57 Å². The van der Waals surface area contributed by atoms with Gasteiger partial charge in [-0.25, -0.2) is 9.69 Å². The van der Waals surface area contributed by atoms with Gasteiger partial charge in [0.2, 0.25) is 0 Å². The summed E-state index contributed by atoms with van der Waals surface area (Å²) >= 11 is 9.62. The van der Waals surface area contributed by atoms with Crippen LogP contribution in [0.5, 0.6) is 11.5 Å². The zero-order valence-corrected chi connectivity index (χ0v) is 20.3. The highest BCUT2D eigenvalue weighted by Gasteiger charge is 2.37. The van der Waals surface area contributed by atoms with Crippen molar-refractivity contribution >= 4 is 57.1 Å². The number of hydrogen-bond acceptors (Lipinski definition) is 5. The van der Waals surface area contributed by atoms with E-state index in [-0.39, 0.29) is 17.4 Å². The number of aryl methyl sites for hydroxylation is 1. The van der Waals surface area contributed by atoms with Gasteiger partial charge >= 0.3 is 6.03 Å². The summed E-state index contributed by atoms with van der Waals surface area (Å²) < 4.78 is 12.1. The number of halogens is 2. The number of urea groups is 1. The average molecular weight is 522 g/mol. The van der Waals surface area contributed by atoms with Crippen molar-refractivity contribution in [1.82, 2.24) is 5.32 Å². The molecule has 0 aromatic heterocycles. The van der Waals surface area contributed by atoms with Crippen molar-refractivity contribution in [2.24, 2.45) is 0 Å². The molecule has 9 heteroatoms. The largest absolute Gasteiger partial charge is 0.490 e. The molecular weight excluding hydrogens is 500 g/mol. The minimum Gasteiger partial charge on any atom is -0.490 e. The molecule has 0 spiro atoms. The second-order valence-corrected chi connectivity index (χ2v) is 8.58. The van der Waals surface area contributed by atoms with Gasteiger partial charge < -0.3 is 9.47 Å². The van der Waals surface area contributed by atoms with E-state index in [9.17, 15) is 14.4 Å². The minimum absolute atomic E-state index is 0.0821. The number of imide groups is 2. The standard InChI is InChI=1S/C23H22BrClN2O5/c1-5-31-19-10-14(9-17(24)20(19)32-12(2)3)8-16-21(28)26-23(30)27(22(16)29)15-7-6-13(4)18(25)11-15/h6-12H,5H2,1-4H3,(H,26,28,30)/b16-8+. The Hall–Kier alpha value is -2.84. The zero-order chi connectivity index (χ0) is 23.6. The third kappa shape index (κ3) is 4.97. The number of nitrogens with zero attached hydrogens (tertiary/aromatic N) is 1. The first-order valence-electron chi connectivity index (χ1n) is 9.93. The number of rotatable bonds is 6. The molecule has 0 saturated carbocycles. The quantitative estimate of drug-likeness (QED) is 0.414. The van der Waals surface area contributed by atoms with Gasteiger partial charge in [0.15, 0.2) is 11.5 Å². The Kier molecular flexibility index (Phi) is 7.26. The number of hydrogen-bond donors (Lipinski definition) is 1. The van der Waals surface area contributed by atoms with Crippen LogP contribution in [0.25, 0.3) is 6.08 Å². The lowest BCUT2D eigenvalue weighted by Gasteiger charge is -2.26. The molecule has 3 rings (SSSR count). The Morgan fingerprint density at radius 2 is 1.91 bits per heavy atom. The van der Waals surface area contributed by atoms with Crippen molar-refractivity contribution in [3.8, 4) is 11.5 Å². The van der Waals surface area contributed by atoms with Gasteiger partial charge in [-0.2, -0.15) is 0 Å². The minimum atomic E-state index is -0.839. The predicted molar refractivity (Wildman–Crippen MR) is 126 cm³/mol. The molecule has 1 aliphatic rings. The summed E-state index contributed by atoms with van der Waals surface area (Å²) in [5, 5.41) is 2.60. The normalized spacial score (nSPS) is 15.4. The highest BCUT2D eigenvalue weighted by atomic mass is 79.9. The molecule has 1 N–H and O–H groups in total. The topological polar surface area (TPSA) is 84.9 Å². The fourth-order valence-corrected chi connectivity index (χ4v) is 3.79. The van der Waals surface area contributed by atoms with E-state index in [1.54, 1.807) is 31.2 Å². The van der Waals surface area contributed by atoms with E-state index in [4.69, 9.17) is 21.1 Å². The number of benzene rings is 2. The first-order valence-corrected chi connectivity index (χ1v) is 11.1. The molecular formula is C23H22BrClN2O5. The third-order valence-electron chi connectivity index (χ3n) is 4.51. The number of nitrogens with one attached hydrogen (secondary N) is 1. The Morgan fingerprint density at radius 1 is 1.19 bits per heavy atom. The molecule has 1 saturated heterocycles. The molecule has 1 fully saturated rings. The Bertz CT molecular complexity index is 1130. The molecule has 0 aliphatic carbocycles. The summed E-state index contributed by atoms with van der Waals surface area (Å²) in [7, 11) is 0. The van der Waals surface area contributed by atoms with Crippen LogP contribution in [-0.2, 0) is 9.59 Å². The fraction of sp³-hybridized carbons (Fsp3) is 0.261. The van der Waals surface area contributed by atoms with Crippen LogP contribution in [0.15, 0.2) is 40.4 Å². The molecule has 7 nitrogen and oxygen atoms in total. The highest BCUT2D eigenvalue weighted by Crippen LogP contribution is 2.38. The van der Waals surface area contributed by atoms with Gasteiger partial charge in [0.25, 0.3) is 11.8 Å². The lowest BCUT2D eigenvalue weighted by molar-refractivity contribution is -0.122. The van der Waals surface area contributed by atoms with Crippen LogP contribution < -0.4 is 19.7 Å². The summed E-state index contributed by atoms with van der Waals surface area (Å²) in [5.41, 5.74) is 1.38. The van der Waals surface area contributed by atoms with Gasteiger partial charge in [-0.3, -0.25) is 14.9 Å². The van der Waals surface area contributed by atoms with Crippen molar-refractivity contribution in [1.29, 1.82) is 0 Å². The second-order valence-electron chi connectivity index (χ2n) is 7.32. The zero-order valence-electron chi connectivity index (χ0n) is 18.0.